The first kappa shape index (κ1) is 13.7. The average molecular weight is 268 g/mol. The Morgan fingerprint density at radius 1 is 0.895 bits per heavy atom. The molecule has 0 fully saturated rings. The van der Waals surface area contributed by atoms with Crippen molar-refractivity contribution in [2.24, 2.45) is 0 Å². The maximum Gasteiger partial charge on any atom is 0.573 e. The standard InChI is InChI=1S/C15H15F3O/c1-14(2,3)11-8-4-6-10-7-5-9-12(13(10)11)19-15(16,17)18/h4-9H,1-3H3. The summed E-state index contributed by atoms with van der Waals surface area (Å²) in [6.07, 6.45) is -4.68. The van der Waals surface area contributed by atoms with E-state index < -0.39 is 6.36 Å². The monoisotopic (exact) mass is 268 g/mol. The molecule has 0 bridgehead atoms. The van der Waals surface area contributed by atoms with Gasteiger partial charge < -0.3 is 4.74 Å². The molecule has 0 N–H and O–H groups in total. The zero-order chi connectivity index (χ0) is 14.3. The summed E-state index contributed by atoms with van der Waals surface area (Å²) in [6, 6.07) is 10.2. The fourth-order valence-corrected chi connectivity index (χ4v) is 2.14. The fourth-order valence-electron chi connectivity index (χ4n) is 2.14. The maximum absolute atomic E-state index is 12.5. The molecule has 0 atom stereocenters. The van der Waals surface area contributed by atoms with Crippen LogP contribution in [0.5, 0.6) is 5.75 Å². The SMILES string of the molecule is CC(C)(C)c1cccc2cccc(OC(F)(F)F)c12. The number of halogens is 3. The van der Waals surface area contributed by atoms with Crippen molar-refractivity contribution in [3.05, 3.63) is 42.0 Å². The Bertz CT molecular complexity index is 589. The van der Waals surface area contributed by atoms with Crippen molar-refractivity contribution in [1.82, 2.24) is 0 Å². The minimum Gasteiger partial charge on any atom is -0.405 e. The second-order valence-corrected chi connectivity index (χ2v) is 5.46. The highest BCUT2D eigenvalue weighted by atomic mass is 19.4. The molecule has 0 aliphatic carbocycles. The van der Waals surface area contributed by atoms with Gasteiger partial charge in [0, 0.05) is 5.39 Å². The van der Waals surface area contributed by atoms with E-state index in [9.17, 15) is 13.2 Å². The highest BCUT2D eigenvalue weighted by Gasteiger charge is 2.32. The smallest absolute Gasteiger partial charge is 0.405 e. The number of benzene rings is 2. The van der Waals surface area contributed by atoms with Crippen molar-refractivity contribution in [3.63, 3.8) is 0 Å². The molecule has 4 heteroatoms. The van der Waals surface area contributed by atoms with Gasteiger partial charge in [-0.3, -0.25) is 0 Å². The van der Waals surface area contributed by atoms with E-state index in [2.05, 4.69) is 4.74 Å². The third-order valence-corrected chi connectivity index (χ3v) is 2.90. The Kier molecular flexibility index (Phi) is 3.20. The van der Waals surface area contributed by atoms with Crippen molar-refractivity contribution in [1.29, 1.82) is 0 Å². The molecule has 1 nitrogen and oxygen atoms in total. The summed E-state index contributed by atoms with van der Waals surface area (Å²) in [5, 5.41) is 1.27. The third kappa shape index (κ3) is 3.00. The predicted molar refractivity (Wildman–Crippen MR) is 69.3 cm³/mol. The van der Waals surface area contributed by atoms with Gasteiger partial charge in [0.1, 0.15) is 5.75 Å². The molecular weight excluding hydrogens is 253 g/mol. The van der Waals surface area contributed by atoms with Gasteiger partial charge in [-0.1, -0.05) is 51.1 Å². The lowest BCUT2D eigenvalue weighted by Gasteiger charge is -2.23. The highest BCUT2D eigenvalue weighted by Crippen LogP contribution is 2.37. The first-order valence-electron chi connectivity index (χ1n) is 5.96. The lowest BCUT2D eigenvalue weighted by atomic mass is 9.83. The van der Waals surface area contributed by atoms with E-state index in [4.69, 9.17) is 0 Å². The zero-order valence-corrected chi connectivity index (χ0v) is 11.0. The molecule has 0 saturated heterocycles. The lowest BCUT2D eigenvalue weighted by Crippen LogP contribution is -2.18. The molecule has 0 aromatic heterocycles. The number of fused-ring (bicyclic) bond motifs is 1. The summed E-state index contributed by atoms with van der Waals surface area (Å²) in [5.74, 6) is -0.143. The predicted octanol–water partition coefficient (Wildman–Crippen LogP) is 5.04. The van der Waals surface area contributed by atoms with Crippen molar-refractivity contribution in [2.75, 3.05) is 0 Å². The van der Waals surface area contributed by atoms with Crippen molar-refractivity contribution in [2.45, 2.75) is 32.5 Å². The van der Waals surface area contributed by atoms with Crippen LogP contribution in [0.15, 0.2) is 36.4 Å². The van der Waals surface area contributed by atoms with Crippen LogP contribution >= 0.6 is 0 Å². The van der Waals surface area contributed by atoms with E-state index in [1.165, 1.54) is 6.07 Å². The number of alkyl halides is 3. The molecule has 0 radical (unpaired) electrons. The second kappa shape index (κ2) is 4.44. The Morgan fingerprint density at radius 3 is 2.00 bits per heavy atom. The van der Waals surface area contributed by atoms with Crippen molar-refractivity contribution < 1.29 is 17.9 Å². The summed E-state index contributed by atoms with van der Waals surface area (Å²) >= 11 is 0. The van der Waals surface area contributed by atoms with Crippen LogP contribution < -0.4 is 4.74 Å². The Balaban J connectivity index is 2.71. The van der Waals surface area contributed by atoms with Crippen LogP contribution in [-0.2, 0) is 5.41 Å². The first-order chi connectivity index (χ1) is 8.68. The van der Waals surface area contributed by atoms with Crippen LogP contribution in [0.3, 0.4) is 0 Å². The molecule has 102 valence electrons. The van der Waals surface area contributed by atoms with Crippen LogP contribution in [0, 0.1) is 0 Å². The minimum absolute atomic E-state index is 0.143. The van der Waals surface area contributed by atoms with E-state index in [0.717, 1.165) is 10.9 Å². The zero-order valence-electron chi connectivity index (χ0n) is 11.0. The van der Waals surface area contributed by atoms with Gasteiger partial charge in [0.15, 0.2) is 0 Å². The van der Waals surface area contributed by atoms with Crippen molar-refractivity contribution >= 4 is 10.8 Å². The molecule has 0 amide bonds. The Morgan fingerprint density at radius 2 is 1.47 bits per heavy atom. The van der Waals surface area contributed by atoms with Gasteiger partial charge in [-0.15, -0.1) is 13.2 Å². The van der Waals surface area contributed by atoms with Crippen LogP contribution in [0.2, 0.25) is 0 Å². The van der Waals surface area contributed by atoms with Gasteiger partial charge in [-0.05, 0) is 22.4 Å². The van der Waals surface area contributed by atoms with Gasteiger partial charge in [-0.25, -0.2) is 0 Å². The van der Waals surface area contributed by atoms with Crippen LogP contribution in [0.1, 0.15) is 26.3 Å². The van der Waals surface area contributed by atoms with Crippen molar-refractivity contribution in [3.8, 4) is 5.75 Å². The largest absolute Gasteiger partial charge is 0.573 e. The molecule has 0 aliphatic rings. The van der Waals surface area contributed by atoms with E-state index in [0.29, 0.717) is 5.39 Å². The van der Waals surface area contributed by atoms with Crippen LogP contribution in [-0.4, -0.2) is 6.36 Å². The highest BCUT2D eigenvalue weighted by molar-refractivity contribution is 5.92. The molecule has 0 aliphatic heterocycles. The molecule has 2 aromatic carbocycles. The van der Waals surface area contributed by atoms with E-state index >= 15 is 0 Å². The number of ether oxygens (including phenoxy) is 1. The Hall–Kier alpha value is -1.71. The van der Waals surface area contributed by atoms with E-state index in [1.807, 2.05) is 32.9 Å². The third-order valence-electron chi connectivity index (χ3n) is 2.90. The maximum atomic E-state index is 12.5. The molecule has 0 unspecified atom stereocenters. The molecule has 2 aromatic rings. The summed E-state index contributed by atoms with van der Waals surface area (Å²) in [5.41, 5.74) is 0.578. The van der Waals surface area contributed by atoms with Gasteiger partial charge in [0.05, 0.1) is 0 Å². The Labute approximate surface area is 110 Å². The van der Waals surface area contributed by atoms with Crippen LogP contribution in [0.4, 0.5) is 13.2 Å². The summed E-state index contributed by atoms with van der Waals surface area (Å²) in [6.45, 7) is 5.89. The number of hydrogen-bond acceptors (Lipinski definition) is 1. The van der Waals surface area contributed by atoms with Gasteiger partial charge in [0.25, 0.3) is 0 Å². The molecule has 0 spiro atoms. The first-order valence-corrected chi connectivity index (χ1v) is 5.96. The van der Waals surface area contributed by atoms with E-state index in [1.54, 1.807) is 18.2 Å². The number of rotatable bonds is 1. The van der Waals surface area contributed by atoms with Gasteiger partial charge >= 0.3 is 6.36 Å². The van der Waals surface area contributed by atoms with Gasteiger partial charge in [-0.2, -0.15) is 0 Å². The molecule has 0 saturated carbocycles. The van der Waals surface area contributed by atoms with Crippen LogP contribution in [0.25, 0.3) is 10.8 Å². The fraction of sp³-hybridized carbons (Fsp3) is 0.333. The van der Waals surface area contributed by atoms with Gasteiger partial charge in [0.2, 0.25) is 0 Å². The summed E-state index contributed by atoms with van der Waals surface area (Å²) in [7, 11) is 0. The lowest BCUT2D eigenvalue weighted by molar-refractivity contribution is -0.274. The minimum atomic E-state index is -4.68. The molecular formula is C15H15F3O. The van der Waals surface area contributed by atoms with E-state index in [-0.39, 0.29) is 11.2 Å². The summed E-state index contributed by atoms with van der Waals surface area (Å²) < 4.78 is 41.6. The number of hydrogen-bond donors (Lipinski definition) is 0. The topological polar surface area (TPSA) is 9.23 Å². The molecule has 2 rings (SSSR count). The summed E-state index contributed by atoms with van der Waals surface area (Å²) in [4.78, 5) is 0. The quantitative estimate of drug-likeness (QED) is 0.704. The average Bonchev–Trinajstić information content (AvgIpc) is 2.25. The normalized spacial score (nSPS) is 12.7. The molecule has 19 heavy (non-hydrogen) atoms. The second-order valence-electron chi connectivity index (χ2n) is 5.46. The molecule has 0 heterocycles.